The van der Waals surface area contributed by atoms with Crippen LogP contribution in [-0.2, 0) is 6.42 Å². The van der Waals surface area contributed by atoms with Gasteiger partial charge in [0, 0.05) is 18.3 Å². The van der Waals surface area contributed by atoms with Gasteiger partial charge in [0.2, 0.25) is 0 Å². The lowest BCUT2D eigenvalue weighted by Gasteiger charge is -2.19. The fourth-order valence-corrected chi connectivity index (χ4v) is 2.84. The van der Waals surface area contributed by atoms with Gasteiger partial charge in [-0.1, -0.05) is 6.42 Å². The number of hydrogen-bond acceptors (Lipinski definition) is 3. The van der Waals surface area contributed by atoms with E-state index in [9.17, 15) is 4.79 Å². The Labute approximate surface area is 119 Å². The Hall–Kier alpha value is -1.56. The Morgan fingerprint density at radius 3 is 3.10 bits per heavy atom. The zero-order valence-corrected chi connectivity index (χ0v) is 12.1. The predicted octanol–water partition coefficient (Wildman–Crippen LogP) is 1.08. The lowest BCUT2D eigenvalue weighted by atomic mass is 10.0. The van der Waals surface area contributed by atoms with E-state index in [-0.39, 0.29) is 12.1 Å². The number of nitrogens with zero attached hydrogens (tertiary/aromatic N) is 1. The first kappa shape index (κ1) is 14.8. The summed E-state index contributed by atoms with van der Waals surface area (Å²) in [4.78, 5) is 11.8. The number of hydrogen-bond donors (Lipinski definition) is 4. The molecule has 0 spiro atoms. The van der Waals surface area contributed by atoms with Gasteiger partial charge in [-0.15, -0.1) is 0 Å². The fourth-order valence-electron chi connectivity index (χ4n) is 2.84. The summed E-state index contributed by atoms with van der Waals surface area (Å²) in [7, 11) is 0. The molecule has 2 atom stereocenters. The molecule has 1 fully saturated rings. The highest BCUT2D eigenvalue weighted by molar-refractivity contribution is 5.74. The van der Waals surface area contributed by atoms with Crippen molar-refractivity contribution < 1.29 is 4.79 Å². The summed E-state index contributed by atoms with van der Waals surface area (Å²) in [6.07, 6.45) is 7.02. The monoisotopic (exact) mass is 279 g/mol. The van der Waals surface area contributed by atoms with E-state index in [4.69, 9.17) is 5.73 Å². The number of aromatic amines is 1. The maximum absolute atomic E-state index is 11.8. The van der Waals surface area contributed by atoms with Crippen molar-refractivity contribution in [1.29, 1.82) is 0 Å². The molecule has 0 aliphatic heterocycles. The maximum Gasteiger partial charge on any atom is 0.315 e. The molecule has 5 N–H and O–H groups in total. The van der Waals surface area contributed by atoms with Crippen LogP contribution in [0.5, 0.6) is 0 Å². The molecule has 20 heavy (non-hydrogen) atoms. The summed E-state index contributed by atoms with van der Waals surface area (Å²) >= 11 is 0. The predicted molar refractivity (Wildman–Crippen MR) is 78.4 cm³/mol. The molecule has 1 aromatic heterocycles. The standard InChI is InChI=1S/C14H25N5O/c1-10-12(9-17-19-10)5-3-7-16-14(20)18-13-6-2-4-11(13)8-15/h9,11,13H,2-8,15H2,1H3,(H,17,19)(H2,16,18,20). The highest BCUT2D eigenvalue weighted by atomic mass is 16.2. The van der Waals surface area contributed by atoms with Crippen LogP contribution in [0, 0.1) is 12.8 Å². The molecule has 0 saturated heterocycles. The van der Waals surface area contributed by atoms with Crippen molar-refractivity contribution >= 4 is 6.03 Å². The average Bonchev–Trinajstić information content (AvgIpc) is 3.04. The molecule has 2 amide bonds. The van der Waals surface area contributed by atoms with Gasteiger partial charge in [-0.05, 0) is 50.6 Å². The normalized spacial score (nSPS) is 21.9. The van der Waals surface area contributed by atoms with Gasteiger partial charge >= 0.3 is 6.03 Å². The molecule has 1 aliphatic rings. The third kappa shape index (κ3) is 3.96. The van der Waals surface area contributed by atoms with E-state index in [1.54, 1.807) is 0 Å². The van der Waals surface area contributed by atoms with Crippen LogP contribution in [0.15, 0.2) is 6.20 Å². The Balaban J connectivity index is 1.62. The highest BCUT2D eigenvalue weighted by Gasteiger charge is 2.27. The number of rotatable bonds is 6. The number of nitrogens with two attached hydrogens (primary N) is 1. The van der Waals surface area contributed by atoms with E-state index in [1.807, 2.05) is 13.1 Å². The summed E-state index contributed by atoms with van der Waals surface area (Å²) in [5.41, 5.74) is 8.03. The van der Waals surface area contributed by atoms with E-state index in [2.05, 4.69) is 20.8 Å². The molecule has 2 unspecified atom stereocenters. The van der Waals surface area contributed by atoms with E-state index >= 15 is 0 Å². The van der Waals surface area contributed by atoms with Crippen molar-refractivity contribution in [2.45, 2.75) is 45.1 Å². The number of amides is 2. The first-order valence-corrected chi connectivity index (χ1v) is 7.44. The van der Waals surface area contributed by atoms with Crippen molar-refractivity contribution in [1.82, 2.24) is 20.8 Å². The maximum atomic E-state index is 11.8. The third-order valence-electron chi connectivity index (χ3n) is 4.12. The summed E-state index contributed by atoms with van der Waals surface area (Å²) in [5, 5.41) is 12.9. The van der Waals surface area contributed by atoms with Crippen LogP contribution in [0.2, 0.25) is 0 Å². The smallest absolute Gasteiger partial charge is 0.315 e. The van der Waals surface area contributed by atoms with E-state index in [0.717, 1.165) is 37.8 Å². The lowest BCUT2D eigenvalue weighted by molar-refractivity contribution is 0.233. The number of H-pyrrole nitrogens is 1. The molecule has 0 bridgehead atoms. The van der Waals surface area contributed by atoms with Crippen molar-refractivity contribution in [2.75, 3.05) is 13.1 Å². The number of nitrogens with one attached hydrogen (secondary N) is 3. The number of aryl methyl sites for hydroxylation is 2. The van der Waals surface area contributed by atoms with Crippen molar-refractivity contribution in [3.63, 3.8) is 0 Å². The Kier molecular flexibility index (Phi) is 5.40. The zero-order valence-electron chi connectivity index (χ0n) is 12.1. The molecule has 6 nitrogen and oxygen atoms in total. The van der Waals surface area contributed by atoms with Gasteiger partial charge in [0.15, 0.2) is 0 Å². The Morgan fingerprint density at radius 1 is 1.55 bits per heavy atom. The summed E-state index contributed by atoms with van der Waals surface area (Å²) in [6, 6.07) is 0.176. The molecule has 1 aliphatic carbocycles. The van der Waals surface area contributed by atoms with Crippen molar-refractivity contribution in [3.8, 4) is 0 Å². The van der Waals surface area contributed by atoms with E-state index < -0.39 is 0 Å². The number of carbonyl (C=O) groups is 1. The molecule has 2 rings (SSSR count). The number of carbonyl (C=O) groups excluding carboxylic acids is 1. The molecule has 112 valence electrons. The second-order valence-electron chi connectivity index (χ2n) is 5.56. The average molecular weight is 279 g/mol. The summed E-state index contributed by atoms with van der Waals surface area (Å²) in [5.74, 6) is 0.439. The Bertz CT molecular complexity index is 431. The van der Waals surface area contributed by atoms with Gasteiger partial charge in [-0.2, -0.15) is 5.10 Å². The first-order valence-electron chi connectivity index (χ1n) is 7.44. The largest absolute Gasteiger partial charge is 0.338 e. The van der Waals surface area contributed by atoms with Gasteiger partial charge < -0.3 is 16.4 Å². The summed E-state index contributed by atoms with van der Waals surface area (Å²) < 4.78 is 0. The SMILES string of the molecule is Cc1[nH]ncc1CCCNC(=O)NC1CCCC1CN. The zero-order chi connectivity index (χ0) is 14.4. The highest BCUT2D eigenvalue weighted by Crippen LogP contribution is 2.24. The van der Waals surface area contributed by atoms with Crippen LogP contribution in [-0.4, -0.2) is 35.4 Å². The topological polar surface area (TPSA) is 95.8 Å². The minimum Gasteiger partial charge on any atom is -0.338 e. The number of urea groups is 1. The second kappa shape index (κ2) is 7.28. The van der Waals surface area contributed by atoms with Crippen LogP contribution in [0.1, 0.15) is 36.9 Å². The van der Waals surface area contributed by atoms with Gasteiger partial charge in [-0.25, -0.2) is 4.79 Å². The minimum atomic E-state index is -0.0701. The quantitative estimate of drug-likeness (QED) is 0.587. The van der Waals surface area contributed by atoms with Gasteiger partial charge in [0.05, 0.1) is 6.20 Å². The van der Waals surface area contributed by atoms with Crippen LogP contribution in [0.4, 0.5) is 4.79 Å². The van der Waals surface area contributed by atoms with E-state index in [1.165, 1.54) is 5.56 Å². The third-order valence-corrected chi connectivity index (χ3v) is 4.12. The molecule has 6 heteroatoms. The second-order valence-corrected chi connectivity index (χ2v) is 5.56. The van der Waals surface area contributed by atoms with E-state index in [0.29, 0.717) is 19.0 Å². The van der Waals surface area contributed by atoms with Gasteiger partial charge in [0.25, 0.3) is 0 Å². The molecule has 1 aromatic rings. The van der Waals surface area contributed by atoms with Crippen LogP contribution in [0.25, 0.3) is 0 Å². The lowest BCUT2D eigenvalue weighted by Crippen LogP contribution is -2.45. The van der Waals surface area contributed by atoms with Crippen LogP contribution < -0.4 is 16.4 Å². The van der Waals surface area contributed by atoms with Crippen molar-refractivity contribution in [3.05, 3.63) is 17.5 Å². The molecule has 0 aromatic carbocycles. The molecule has 0 radical (unpaired) electrons. The van der Waals surface area contributed by atoms with Crippen molar-refractivity contribution in [2.24, 2.45) is 11.7 Å². The fraction of sp³-hybridized carbons (Fsp3) is 0.714. The number of aromatic nitrogens is 2. The first-order chi connectivity index (χ1) is 9.70. The van der Waals surface area contributed by atoms with Gasteiger partial charge in [-0.3, -0.25) is 5.10 Å². The Morgan fingerprint density at radius 2 is 2.40 bits per heavy atom. The van der Waals surface area contributed by atoms with Gasteiger partial charge in [0.1, 0.15) is 0 Å². The summed E-state index contributed by atoms with van der Waals surface area (Å²) in [6.45, 7) is 3.34. The molecule has 1 heterocycles. The minimum absolute atomic E-state index is 0.0701. The van der Waals surface area contributed by atoms with Crippen LogP contribution in [0.3, 0.4) is 0 Å². The molecular formula is C14H25N5O. The van der Waals surface area contributed by atoms with Crippen LogP contribution >= 0.6 is 0 Å². The molecule has 1 saturated carbocycles. The molecular weight excluding hydrogens is 254 g/mol.